The molecule has 3 aromatic rings. The molecule has 0 aliphatic carbocycles. The third kappa shape index (κ3) is 2.70. The number of carbonyl (C=O) groups is 1. The number of rotatable bonds is 3. The van der Waals surface area contributed by atoms with Gasteiger partial charge in [-0.25, -0.2) is 0 Å². The van der Waals surface area contributed by atoms with Gasteiger partial charge >= 0.3 is 0 Å². The summed E-state index contributed by atoms with van der Waals surface area (Å²) < 4.78 is 0. The van der Waals surface area contributed by atoms with E-state index in [2.05, 4.69) is 0 Å². The Morgan fingerprint density at radius 2 is 1.57 bits per heavy atom. The molecule has 2 heteroatoms. The first kappa shape index (κ1) is 13.1. The fourth-order valence-corrected chi connectivity index (χ4v) is 2.28. The Labute approximate surface area is 123 Å². The van der Waals surface area contributed by atoms with E-state index in [9.17, 15) is 9.90 Å². The van der Waals surface area contributed by atoms with Crippen molar-refractivity contribution in [3.63, 3.8) is 0 Å². The summed E-state index contributed by atoms with van der Waals surface area (Å²) in [6.07, 6.45) is 3.23. The highest BCUT2D eigenvalue weighted by atomic mass is 16.3. The van der Waals surface area contributed by atoms with E-state index in [0.29, 0.717) is 10.9 Å². The van der Waals surface area contributed by atoms with Gasteiger partial charge < -0.3 is 5.11 Å². The Bertz CT molecular complexity index is 817. The molecule has 0 unspecified atom stereocenters. The zero-order valence-electron chi connectivity index (χ0n) is 11.4. The fraction of sp³-hybridized carbons (Fsp3) is 0. The van der Waals surface area contributed by atoms with Crippen LogP contribution >= 0.6 is 0 Å². The van der Waals surface area contributed by atoms with Crippen molar-refractivity contribution >= 4 is 22.6 Å². The zero-order chi connectivity index (χ0) is 14.7. The molecule has 21 heavy (non-hydrogen) atoms. The number of phenolic OH excluding ortho intramolecular Hbond substituents is 1. The number of phenols is 1. The molecule has 0 saturated heterocycles. The van der Waals surface area contributed by atoms with Gasteiger partial charge in [-0.2, -0.15) is 0 Å². The van der Waals surface area contributed by atoms with Gasteiger partial charge in [-0.1, -0.05) is 66.7 Å². The van der Waals surface area contributed by atoms with E-state index in [4.69, 9.17) is 0 Å². The third-order valence-electron chi connectivity index (χ3n) is 3.39. The van der Waals surface area contributed by atoms with Gasteiger partial charge in [0.25, 0.3) is 0 Å². The minimum Gasteiger partial charge on any atom is -0.507 e. The Kier molecular flexibility index (Phi) is 3.52. The van der Waals surface area contributed by atoms with Crippen molar-refractivity contribution in [2.45, 2.75) is 0 Å². The van der Waals surface area contributed by atoms with Crippen LogP contribution in [0.5, 0.6) is 5.75 Å². The quantitative estimate of drug-likeness (QED) is 0.566. The second-order valence-corrected chi connectivity index (χ2v) is 4.79. The van der Waals surface area contributed by atoms with Crippen LogP contribution in [0.4, 0.5) is 0 Å². The van der Waals surface area contributed by atoms with Crippen molar-refractivity contribution in [3.05, 3.63) is 83.9 Å². The molecule has 0 heterocycles. The average Bonchev–Trinajstić information content (AvgIpc) is 2.54. The van der Waals surface area contributed by atoms with Crippen LogP contribution in [-0.2, 0) is 0 Å². The maximum absolute atomic E-state index is 12.2. The van der Waals surface area contributed by atoms with Gasteiger partial charge in [0, 0.05) is 5.39 Å². The molecule has 2 nitrogen and oxygen atoms in total. The number of allylic oxidation sites excluding steroid dienone is 1. The molecular weight excluding hydrogens is 260 g/mol. The summed E-state index contributed by atoms with van der Waals surface area (Å²) in [6.45, 7) is 0. The van der Waals surface area contributed by atoms with Gasteiger partial charge in [-0.15, -0.1) is 0 Å². The smallest absolute Gasteiger partial charge is 0.189 e. The van der Waals surface area contributed by atoms with E-state index in [0.717, 1.165) is 10.9 Å². The van der Waals surface area contributed by atoms with Crippen LogP contribution in [0.2, 0.25) is 0 Å². The zero-order valence-corrected chi connectivity index (χ0v) is 11.4. The summed E-state index contributed by atoms with van der Waals surface area (Å²) in [5, 5.41) is 11.9. The molecule has 0 aromatic heterocycles. The molecule has 0 fully saturated rings. The van der Waals surface area contributed by atoms with Crippen molar-refractivity contribution in [2.24, 2.45) is 0 Å². The first-order chi connectivity index (χ1) is 10.3. The highest BCUT2D eigenvalue weighted by Gasteiger charge is 2.11. The van der Waals surface area contributed by atoms with Gasteiger partial charge in [0.05, 0.1) is 5.56 Å². The van der Waals surface area contributed by atoms with Crippen molar-refractivity contribution in [1.29, 1.82) is 0 Å². The maximum Gasteiger partial charge on any atom is 0.189 e. The van der Waals surface area contributed by atoms with E-state index in [-0.39, 0.29) is 11.5 Å². The van der Waals surface area contributed by atoms with Crippen molar-refractivity contribution in [1.82, 2.24) is 0 Å². The largest absolute Gasteiger partial charge is 0.507 e. The van der Waals surface area contributed by atoms with Gasteiger partial charge in [-0.3, -0.25) is 4.79 Å². The molecule has 3 aromatic carbocycles. The Morgan fingerprint density at radius 3 is 2.38 bits per heavy atom. The van der Waals surface area contributed by atoms with Crippen LogP contribution in [0.3, 0.4) is 0 Å². The van der Waals surface area contributed by atoms with Crippen molar-refractivity contribution < 1.29 is 9.90 Å². The molecule has 0 spiro atoms. The van der Waals surface area contributed by atoms with Crippen LogP contribution < -0.4 is 0 Å². The lowest BCUT2D eigenvalue weighted by Crippen LogP contribution is -1.95. The Balaban J connectivity index is 1.95. The van der Waals surface area contributed by atoms with Crippen LogP contribution in [0.15, 0.2) is 72.8 Å². The van der Waals surface area contributed by atoms with E-state index >= 15 is 0 Å². The minimum atomic E-state index is -0.206. The summed E-state index contributed by atoms with van der Waals surface area (Å²) in [5.41, 5.74) is 1.27. The molecule has 3 rings (SSSR count). The number of carbonyl (C=O) groups excluding carboxylic acids is 1. The summed E-state index contributed by atoms with van der Waals surface area (Å²) >= 11 is 0. The second kappa shape index (κ2) is 5.63. The SMILES string of the molecule is O=C(/C=C/c1ccccc1)c1ccc2ccccc2c1O. The maximum atomic E-state index is 12.2. The van der Waals surface area contributed by atoms with Crippen LogP contribution in [0.25, 0.3) is 16.8 Å². The lowest BCUT2D eigenvalue weighted by Gasteiger charge is -2.05. The molecule has 0 saturated carbocycles. The molecule has 1 N–H and O–H groups in total. The molecule has 0 atom stereocenters. The standard InChI is InChI=1S/C19H14O2/c20-18(13-10-14-6-2-1-3-7-14)17-12-11-15-8-4-5-9-16(15)19(17)21/h1-13,21H/b13-10+. The second-order valence-electron chi connectivity index (χ2n) is 4.79. The van der Waals surface area contributed by atoms with E-state index in [1.165, 1.54) is 6.08 Å². The minimum absolute atomic E-state index is 0.0378. The normalized spacial score (nSPS) is 11.0. The molecule has 102 valence electrons. The summed E-state index contributed by atoms with van der Waals surface area (Å²) in [4.78, 5) is 12.2. The number of aromatic hydroxyl groups is 1. The number of fused-ring (bicyclic) bond motifs is 1. The molecule has 0 bridgehead atoms. The number of hydrogen-bond acceptors (Lipinski definition) is 2. The number of benzene rings is 3. The predicted molar refractivity (Wildman–Crippen MR) is 85.4 cm³/mol. The van der Waals surface area contributed by atoms with E-state index in [1.807, 2.05) is 60.7 Å². The first-order valence-corrected chi connectivity index (χ1v) is 6.74. The monoisotopic (exact) mass is 274 g/mol. The molecular formula is C19H14O2. The lowest BCUT2D eigenvalue weighted by atomic mass is 10.0. The third-order valence-corrected chi connectivity index (χ3v) is 3.39. The van der Waals surface area contributed by atoms with Gasteiger partial charge in [0.1, 0.15) is 5.75 Å². The summed E-state index contributed by atoms with van der Waals surface area (Å²) in [5.74, 6) is -0.169. The van der Waals surface area contributed by atoms with E-state index < -0.39 is 0 Å². The summed E-state index contributed by atoms with van der Waals surface area (Å²) in [6, 6.07) is 20.6. The predicted octanol–water partition coefficient (Wildman–Crippen LogP) is 4.44. The van der Waals surface area contributed by atoms with Gasteiger partial charge in [-0.05, 0) is 23.1 Å². The van der Waals surface area contributed by atoms with Gasteiger partial charge in [0.15, 0.2) is 5.78 Å². The Morgan fingerprint density at radius 1 is 0.857 bits per heavy atom. The molecule has 0 aliphatic rings. The van der Waals surface area contributed by atoms with E-state index in [1.54, 1.807) is 12.1 Å². The molecule has 0 radical (unpaired) electrons. The Hall–Kier alpha value is -2.87. The first-order valence-electron chi connectivity index (χ1n) is 6.74. The van der Waals surface area contributed by atoms with Crippen LogP contribution in [0.1, 0.15) is 15.9 Å². The highest BCUT2D eigenvalue weighted by molar-refractivity contribution is 6.11. The highest BCUT2D eigenvalue weighted by Crippen LogP contribution is 2.29. The lowest BCUT2D eigenvalue weighted by molar-refractivity contribution is 0.104. The molecule has 0 aliphatic heterocycles. The topological polar surface area (TPSA) is 37.3 Å². The van der Waals surface area contributed by atoms with Crippen molar-refractivity contribution in [2.75, 3.05) is 0 Å². The number of ketones is 1. The van der Waals surface area contributed by atoms with Gasteiger partial charge in [0.2, 0.25) is 0 Å². The van der Waals surface area contributed by atoms with Crippen LogP contribution in [0, 0.1) is 0 Å². The fourth-order valence-electron chi connectivity index (χ4n) is 2.28. The van der Waals surface area contributed by atoms with Crippen molar-refractivity contribution in [3.8, 4) is 5.75 Å². The number of hydrogen-bond donors (Lipinski definition) is 1. The average molecular weight is 274 g/mol. The summed E-state index contributed by atoms with van der Waals surface area (Å²) in [7, 11) is 0. The molecule has 0 amide bonds. The van der Waals surface area contributed by atoms with Crippen LogP contribution in [-0.4, -0.2) is 10.9 Å².